The van der Waals surface area contributed by atoms with Crippen LogP contribution in [-0.2, 0) is 47.6 Å². The zero-order chi connectivity index (χ0) is 51.8. The maximum absolute atomic E-state index is 15.3. The van der Waals surface area contributed by atoms with Crippen LogP contribution in [-0.4, -0.2) is 161 Å². The molecule has 4 fully saturated rings. The lowest BCUT2D eigenvalue weighted by atomic mass is 9.44. The SMILES string of the molecule is CC(=O)O[C@@]12CO[C@@H]1C[C@H](O)[C@@]1(C)C(=O)[C@H](O)C3=C(C)[C@@H](OC(=O)[C@H](OC(=O)CCCCN4CCN(C)CC4)[C@@H](NC(=O)OC(C)(C)C)c4ccccc4)C[C@@](O)([C@@H](OC(=O)c4ccccc4)C12)C3(C)C. The Morgan fingerprint density at radius 2 is 1.55 bits per heavy atom. The molecule has 0 aromatic heterocycles. The number of esters is 4. The number of benzene rings is 2. The number of rotatable bonds is 14. The molecule has 2 bridgehead atoms. The zero-order valence-electron chi connectivity index (χ0n) is 42.3. The highest BCUT2D eigenvalue weighted by molar-refractivity contribution is 5.94. The number of Topliss-reactive ketones (excluding diaryl/α,β-unsaturated/α-hetero) is 1. The predicted octanol–water partition coefficient (Wildman–Crippen LogP) is 4.23. The summed E-state index contributed by atoms with van der Waals surface area (Å²) in [5.41, 5.74) is -8.36. The molecule has 11 atom stereocenters. The molecule has 18 heteroatoms. The van der Waals surface area contributed by atoms with Gasteiger partial charge >= 0.3 is 30.0 Å². The maximum Gasteiger partial charge on any atom is 0.408 e. The zero-order valence-corrected chi connectivity index (χ0v) is 42.3. The molecule has 2 saturated carbocycles. The molecule has 3 aliphatic carbocycles. The Labute approximate surface area is 415 Å². The number of carbonyl (C=O) groups excluding carboxylic acids is 6. The number of piperazine rings is 1. The normalized spacial score (nSPS) is 31.5. The number of ether oxygens (including phenoxy) is 6. The molecular weight excluding hydrogens is 919 g/mol. The van der Waals surface area contributed by atoms with E-state index in [9.17, 15) is 34.5 Å². The summed E-state index contributed by atoms with van der Waals surface area (Å²) in [5, 5.41) is 41.0. The first-order valence-electron chi connectivity index (χ1n) is 24.6. The number of nitrogens with zero attached hydrogens (tertiary/aromatic N) is 2. The molecule has 71 heavy (non-hydrogen) atoms. The molecule has 4 N–H and O–H groups in total. The lowest BCUT2D eigenvalue weighted by Crippen LogP contribution is -2.81. The van der Waals surface area contributed by atoms with Gasteiger partial charge in [-0.2, -0.15) is 0 Å². The van der Waals surface area contributed by atoms with E-state index in [-0.39, 0.29) is 36.2 Å². The number of likely N-dealkylation sites (N-methyl/N-ethyl adjacent to an activating group) is 1. The number of amides is 1. The average molecular weight is 990 g/mol. The molecule has 18 nitrogen and oxygen atoms in total. The van der Waals surface area contributed by atoms with Crippen molar-refractivity contribution in [1.29, 1.82) is 0 Å². The minimum atomic E-state index is -2.40. The number of nitrogens with one attached hydrogen (secondary N) is 1. The second kappa shape index (κ2) is 20.7. The van der Waals surface area contributed by atoms with Crippen molar-refractivity contribution in [2.24, 2.45) is 16.7 Å². The third-order valence-corrected chi connectivity index (χ3v) is 15.5. The number of unbranched alkanes of at least 4 members (excludes halogenated alkanes) is 1. The first-order chi connectivity index (χ1) is 33.3. The van der Waals surface area contributed by atoms with Crippen molar-refractivity contribution in [3.63, 3.8) is 0 Å². The van der Waals surface area contributed by atoms with Gasteiger partial charge in [0.15, 0.2) is 11.4 Å². The van der Waals surface area contributed by atoms with Crippen LogP contribution in [0.15, 0.2) is 71.8 Å². The van der Waals surface area contributed by atoms with Gasteiger partial charge in [-0.1, -0.05) is 62.4 Å². The summed E-state index contributed by atoms with van der Waals surface area (Å²) in [4.78, 5) is 89.9. The molecule has 1 amide bonds. The molecule has 2 aromatic carbocycles. The minimum Gasteiger partial charge on any atom is -0.455 e. The predicted molar refractivity (Wildman–Crippen MR) is 255 cm³/mol. The lowest BCUT2D eigenvalue weighted by molar-refractivity contribution is -0.346. The first-order valence-corrected chi connectivity index (χ1v) is 24.6. The number of hydrogen-bond donors (Lipinski definition) is 4. The van der Waals surface area contributed by atoms with Gasteiger partial charge in [0.2, 0.25) is 6.10 Å². The summed E-state index contributed by atoms with van der Waals surface area (Å²) in [5.74, 6) is -6.10. The van der Waals surface area contributed by atoms with E-state index in [1.807, 2.05) is 0 Å². The highest BCUT2D eigenvalue weighted by Crippen LogP contribution is 2.64. The summed E-state index contributed by atoms with van der Waals surface area (Å²) in [6.07, 6.45) is -10.5. The third-order valence-electron chi connectivity index (χ3n) is 15.5. The Balaban J connectivity index is 1.31. The monoisotopic (exact) mass is 989 g/mol. The van der Waals surface area contributed by atoms with E-state index in [0.29, 0.717) is 18.4 Å². The van der Waals surface area contributed by atoms with Crippen LogP contribution < -0.4 is 5.32 Å². The first kappa shape index (κ1) is 53.6. The quantitative estimate of drug-likeness (QED) is 0.0897. The fraction of sp³-hybridized carbons (Fsp3) is 0.623. The summed E-state index contributed by atoms with van der Waals surface area (Å²) < 4.78 is 36.4. The summed E-state index contributed by atoms with van der Waals surface area (Å²) in [6, 6.07) is 14.8. The topological polar surface area (TPSA) is 237 Å². The lowest BCUT2D eigenvalue weighted by Gasteiger charge is -2.67. The second-order valence-corrected chi connectivity index (χ2v) is 21.6. The Morgan fingerprint density at radius 3 is 2.14 bits per heavy atom. The van der Waals surface area contributed by atoms with E-state index in [0.717, 1.165) is 39.6 Å². The maximum atomic E-state index is 15.3. The van der Waals surface area contributed by atoms with E-state index in [2.05, 4.69) is 22.2 Å². The number of carbonyl (C=O) groups is 6. The summed E-state index contributed by atoms with van der Waals surface area (Å²) in [7, 11) is 2.07. The standard InChI is InChI=1S/C53H71N3O15/c1-31-35(67-47(63)42(68-38(59)22-16-17-23-56-26-24-55(9)25-27-56)40(33-18-12-10-13-19-33)54-48(64)71-49(3,4)5)29-53(65)45(69-46(62)34-20-14-11-15-21-34)43-51(8,44(61)41(60)39(31)50(53,6)7)36(58)28-37-52(43,30-66-37)70-32(2)57/h10-15,18-21,35-37,40-43,45,58,60,65H,16-17,22-30H2,1-9H3,(H,54,64)/t35-,36-,37+,40-,41+,42+,43?,45-,51+,52-,53+/m0/s1. The van der Waals surface area contributed by atoms with Gasteiger partial charge in [0, 0.05) is 57.8 Å². The average Bonchev–Trinajstić information content (AvgIpc) is 3.30. The molecule has 0 spiro atoms. The van der Waals surface area contributed by atoms with Gasteiger partial charge in [-0.3, -0.25) is 14.4 Å². The largest absolute Gasteiger partial charge is 0.455 e. The van der Waals surface area contributed by atoms with Gasteiger partial charge in [0.05, 0.1) is 29.6 Å². The van der Waals surface area contributed by atoms with Crippen molar-refractivity contribution >= 4 is 35.8 Å². The van der Waals surface area contributed by atoms with Gasteiger partial charge < -0.3 is 58.9 Å². The fourth-order valence-corrected chi connectivity index (χ4v) is 11.5. The highest BCUT2D eigenvalue weighted by Gasteiger charge is 2.78. The van der Waals surface area contributed by atoms with Crippen LogP contribution in [0.25, 0.3) is 0 Å². The number of aliphatic hydroxyl groups is 3. The summed E-state index contributed by atoms with van der Waals surface area (Å²) in [6.45, 7) is 16.3. The highest BCUT2D eigenvalue weighted by atomic mass is 16.6. The van der Waals surface area contributed by atoms with Crippen molar-refractivity contribution in [3.05, 3.63) is 82.9 Å². The van der Waals surface area contributed by atoms with E-state index >= 15 is 9.59 Å². The molecule has 2 heterocycles. The number of fused-ring (bicyclic) bond motifs is 5. The molecule has 2 aromatic rings. The molecule has 5 aliphatic rings. The number of ketones is 1. The minimum absolute atomic E-state index is 0.0718. The number of aliphatic hydroxyl groups excluding tert-OH is 2. The molecule has 1 unspecified atom stereocenters. The van der Waals surface area contributed by atoms with Crippen LogP contribution in [0, 0.1) is 16.7 Å². The smallest absolute Gasteiger partial charge is 0.408 e. The van der Waals surface area contributed by atoms with Crippen molar-refractivity contribution in [3.8, 4) is 0 Å². The fourth-order valence-electron chi connectivity index (χ4n) is 11.5. The third kappa shape index (κ3) is 10.5. The molecule has 7 rings (SSSR count). The number of hydrogen-bond acceptors (Lipinski definition) is 17. The van der Waals surface area contributed by atoms with Crippen molar-refractivity contribution < 1.29 is 72.5 Å². The van der Waals surface area contributed by atoms with E-state index < -0.39 is 118 Å². The Morgan fingerprint density at radius 1 is 0.915 bits per heavy atom. The van der Waals surface area contributed by atoms with E-state index in [1.165, 1.54) is 26.0 Å². The van der Waals surface area contributed by atoms with E-state index in [1.54, 1.807) is 83.1 Å². The van der Waals surface area contributed by atoms with Crippen molar-refractivity contribution in [1.82, 2.24) is 15.1 Å². The second-order valence-electron chi connectivity index (χ2n) is 21.6. The van der Waals surface area contributed by atoms with Crippen LogP contribution in [0.2, 0.25) is 0 Å². The molecule has 2 aliphatic heterocycles. The number of alkyl carbamates (subject to hydrolysis) is 1. The van der Waals surface area contributed by atoms with Crippen LogP contribution in [0.4, 0.5) is 4.79 Å². The molecule has 0 radical (unpaired) electrons. The molecule has 388 valence electrons. The van der Waals surface area contributed by atoms with E-state index in [4.69, 9.17) is 28.4 Å². The van der Waals surface area contributed by atoms with Gasteiger partial charge in [0.1, 0.15) is 41.7 Å². The Bertz CT molecular complexity index is 2350. The van der Waals surface area contributed by atoms with Gasteiger partial charge in [-0.15, -0.1) is 0 Å². The Kier molecular flexibility index (Phi) is 15.6. The van der Waals surface area contributed by atoms with Crippen LogP contribution >= 0.6 is 0 Å². The molecule has 2 saturated heterocycles. The van der Waals surface area contributed by atoms with Crippen molar-refractivity contribution in [2.45, 2.75) is 147 Å². The van der Waals surface area contributed by atoms with Gasteiger partial charge in [-0.05, 0) is 89.9 Å². The van der Waals surface area contributed by atoms with Crippen LogP contribution in [0.1, 0.15) is 109 Å². The van der Waals surface area contributed by atoms with Gasteiger partial charge in [0.25, 0.3) is 0 Å². The van der Waals surface area contributed by atoms with Crippen molar-refractivity contribution in [2.75, 3.05) is 46.4 Å². The summed E-state index contributed by atoms with van der Waals surface area (Å²) >= 11 is 0. The molecular formula is C53H71N3O15. The van der Waals surface area contributed by atoms with Gasteiger partial charge in [-0.25, -0.2) is 14.4 Å². The Hall–Kier alpha value is -5.24. The van der Waals surface area contributed by atoms with Crippen LogP contribution in [0.5, 0.6) is 0 Å². The van der Waals surface area contributed by atoms with Crippen LogP contribution in [0.3, 0.4) is 0 Å².